The van der Waals surface area contributed by atoms with Gasteiger partial charge in [-0.2, -0.15) is 0 Å². The van der Waals surface area contributed by atoms with Crippen molar-refractivity contribution < 1.29 is 23.1 Å². The summed E-state index contributed by atoms with van der Waals surface area (Å²) < 4.78 is 25.9. The number of para-hydroxylation sites is 1. The smallest absolute Gasteiger partial charge is 0.367 e. The minimum absolute atomic E-state index is 0.0612. The number of hydrogen-bond acceptors (Lipinski definition) is 6. The minimum atomic E-state index is -2.63. The van der Waals surface area contributed by atoms with E-state index in [0.717, 1.165) is 0 Å². The summed E-state index contributed by atoms with van der Waals surface area (Å²) in [7, 11) is -2.63. The molecule has 0 saturated carbocycles. The molecule has 1 aromatic carbocycles. The molecule has 0 amide bonds. The lowest BCUT2D eigenvalue weighted by Crippen LogP contribution is -2.05. The largest absolute Gasteiger partial charge is 0.463 e. The van der Waals surface area contributed by atoms with E-state index in [4.69, 9.17) is 14.8 Å². The van der Waals surface area contributed by atoms with Crippen molar-refractivity contribution in [1.29, 1.82) is 0 Å². The number of hydrogen-bond donors (Lipinski definition) is 1. The van der Waals surface area contributed by atoms with Gasteiger partial charge in [0.1, 0.15) is 12.4 Å². The van der Waals surface area contributed by atoms with Crippen molar-refractivity contribution in [2.24, 2.45) is 5.73 Å². The van der Waals surface area contributed by atoms with E-state index in [0.29, 0.717) is 17.8 Å². The van der Waals surface area contributed by atoms with Gasteiger partial charge in [0.15, 0.2) is 0 Å². The molecule has 17 heavy (non-hydrogen) atoms. The Hall–Kier alpha value is -1.36. The molecule has 1 rings (SSSR count). The van der Waals surface area contributed by atoms with E-state index in [9.17, 15) is 9.36 Å². The fraction of sp³-hybridized carbons (Fsp3) is 0.300. The number of rotatable bonds is 8. The van der Waals surface area contributed by atoms with Crippen LogP contribution in [0.3, 0.4) is 0 Å². The highest BCUT2D eigenvalue weighted by atomic mass is 31.1. The first-order valence-electron chi connectivity index (χ1n) is 4.95. The third kappa shape index (κ3) is 4.99. The average molecular weight is 259 g/mol. The van der Waals surface area contributed by atoms with Crippen LogP contribution in [0.4, 0.5) is 0 Å². The van der Waals surface area contributed by atoms with Gasteiger partial charge in [0.2, 0.25) is 0 Å². The van der Waals surface area contributed by atoms with Gasteiger partial charge in [0.25, 0.3) is 6.47 Å². The fourth-order valence-corrected chi connectivity index (χ4v) is 1.83. The van der Waals surface area contributed by atoms with Crippen molar-refractivity contribution in [3.63, 3.8) is 0 Å². The average Bonchev–Trinajstić information content (AvgIpc) is 2.35. The van der Waals surface area contributed by atoms with Gasteiger partial charge in [0.05, 0.1) is 6.61 Å². The number of ether oxygens (including phenoxy) is 1. The lowest BCUT2D eigenvalue weighted by molar-refractivity contribution is -0.129. The van der Waals surface area contributed by atoms with Crippen LogP contribution in [0.1, 0.15) is 5.56 Å². The Morgan fingerprint density at radius 3 is 2.82 bits per heavy atom. The summed E-state index contributed by atoms with van der Waals surface area (Å²) in [4.78, 5) is 10.1. The normalized spacial score (nSPS) is 11.8. The maximum absolute atomic E-state index is 11.4. The molecule has 1 aromatic rings. The summed E-state index contributed by atoms with van der Waals surface area (Å²) in [5.74, 6) is 0.371. The Bertz CT molecular complexity index is 385. The highest BCUT2D eigenvalue weighted by Crippen LogP contribution is 2.30. The van der Waals surface area contributed by atoms with E-state index in [-0.39, 0.29) is 19.8 Å². The van der Waals surface area contributed by atoms with E-state index < -0.39 is 8.25 Å². The molecule has 0 fully saturated rings. The van der Waals surface area contributed by atoms with Crippen molar-refractivity contribution >= 4 is 14.7 Å². The number of carbonyl (C=O) groups is 1. The summed E-state index contributed by atoms with van der Waals surface area (Å²) in [6.45, 7) is 0.844. The minimum Gasteiger partial charge on any atom is -0.463 e. The Balaban J connectivity index is 2.62. The highest BCUT2D eigenvalue weighted by molar-refractivity contribution is 7.33. The molecule has 0 aliphatic carbocycles. The van der Waals surface area contributed by atoms with E-state index in [2.05, 4.69) is 4.74 Å². The predicted octanol–water partition coefficient (Wildman–Crippen LogP) is 1.10. The number of benzene rings is 1. The molecular weight excluding hydrogens is 245 g/mol. The number of carbonyl (C=O) groups excluding carboxylic acids is 1. The second-order valence-electron chi connectivity index (χ2n) is 3.00. The maximum Gasteiger partial charge on any atom is 0.367 e. The van der Waals surface area contributed by atoms with Crippen molar-refractivity contribution in [3.8, 4) is 5.75 Å². The molecule has 6 nitrogen and oxygen atoms in total. The quantitative estimate of drug-likeness (QED) is 0.555. The Morgan fingerprint density at radius 2 is 2.12 bits per heavy atom. The Morgan fingerprint density at radius 1 is 1.35 bits per heavy atom. The van der Waals surface area contributed by atoms with Gasteiger partial charge in [-0.3, -0.25) is 4.79 Å². The van der Waals surface area contributed by atoms with E-state index in [1.165, 1.54) is 0 Å². The lowest BCUT2D eigenvalue weighted by Gasteiger charge is -2.10. The molecule has 94 valence electrons. The second-order valence-corrected chi connectivity index (χ2v) is 4.00. The van der Waals surface area contributed by atoms with Crippen LogP contribution < -0.4 is 10.3 Å². The van der Waals surface area contributed by atoms with Crippen molar-refractivity contribution in [2.75, 3.05) is 13.2 Å². The van der Waals surface area contributed by atoms with Crippen molar-refractivity contribution in [2.45, 2.75) is 6.61 Å². The first kappa shape index (κ1) is 13.7. The van der Waals surface area contributed by atoms with Crippen molar-refractivity contribution in [3.05, 3.63) is 29.8 Å². The Kier molecular flexibility index (Phi) is 6.32. The van der Waals surface area contributed by atoms with Gasteiger partial charge in [0, 0.05) is 12.1 Å². The van der Waals surface area contributed by atoms with Crippen LogP contribution in [0.2, 0.25) is 0 Å². The van der Waals surface area contributed by atoms with E-state index >= 15 is 0 Å². The highest BCUT2D eigenvalue weighted by Gasteiger charge is 2.07. The van der Waals surface area contributed by atoms with Crippen LogP contribution in [0, 0.1) is 0 Å². The standard InChI is InChI=1S/C10H14NO5P/c11-5-6-15-17(13)16-10-4-2-1-3-9(10)7-14-8-12/h1-4,8,17H,5-7,11H2. The summed E-state index contributed by atoms with van der Waals surface area (Å²) in [6.07, 6.45) is 0. The van der Waals surface area contributed by atoms with Gasteiger partial charge in [-0.15, -0.1) is 0 Å². The van der Waals surface area contributed by atoms with Crippen LogP contribution in [0.15, 0.2) is 24.3 Å². The predicted molar refractivity (Wildman–Crippen MR) is 61.9 cm³/mol. The van der Waals surface area contributed by atoms with E-state index in [1.807, 2.05) is 0 Å². The molecule has 0 aliphatic rings. The summed E-state index contributed by atoms with van der Waals surface area (Å²) in [6, 6.07) is 6.81. The molecule has 0 aliphatic heterocycles. The molecule has 0 bridgehead atoms. The third-order valence-corrected chi connectivity index (χ3v) is 2.64. The molecule has 0 spiro atoms. The molecule has 0 saturated heterocycles. The zero-order valence-corrected chi connectivity index (χ0v) is 10.1. The lowest BCUT2D eigenvalue weighted by atomic mass is 10.2. The molecule has 7 heteroatoms. The zero-order chi connectivity index (χ0) is 12.5. The van der Waals surface area contributed by atoms with Gasteiger partial charge in [-0.05, 0) is 6.07 Å². The van der Waals surface area contributed by atoms with Crippen LogP contribution in [0.5, 0.6) is 5.75 Å². The van der Waals surface area contributed by atoms with Crippen LogP contribution in [-0.4, -0.2) is 19.6 Å². The topological polar surface area (TPSA) is 87.8 Å². The van der Waals surface area contributed by atoms with Crippen LogP contribution in [-0.2, 0) is 25.2 Å². The molecule has 2 N–H and O–H groups in total. The molecule has 0 aromatic heterocycles. The molecule has 0 radical (unpaired) electrons. The van der Waals surface area contributed by atoms with E-state index in [1.54, 1.807) is 24.3 Å². The van der Waals surface area contributed by atoms with Crippen molar-refractivity contribution in [1.82, 2.24) is 0 Å². The second kappa shape index (κ2) is 7.84. The van der Waals surface area contributed by atoms with Gasteiger partial charge in [-0.25, -0.2) is 4.57 Å². The maximum atomic E-state index is 11.4. The molecular formula is C10H14NO5P. The fourth-order valence-electron chi connectivity index (χ4n) is 1.11. The number of nitrogens with two attached hydrogens (primary N) is 1. The third-order valence-electron chi connectivity index (χ3n) is 1.81. The summed E-state index contributed by atoms with van der Waals surface area (Å²) in [5, 5.41) is 0. The molecule has 0 heterocycles. The Labute approximate surface area is 99.6 Å². The zero-order valence-electron chi connectivity index (χ0n) is 9.13. The first-order chi connectivity index (χ1) is 8.27. The van der Waals surface area contributed by atoms with Gasteiger partial charge < -0.3 is 19.5 Å². The van der Waals surface area contributed by atoms with Crippen LogP contribution >= 0.6 is 8.25 Å². The molecule has 1 atom stereocenters. The molecule has 1 unspecified atom stereocenters. The van der Waals surface area contributed by atoms with Crippen LogP contribution in [0.25, 0.3) is 0 Å². The SMILES string of the molecule is NCCO[PH](=O)Oc1ccccc1COC=O. The van der Waals surface area contributed by atoms with Gasteiger partial charge in [-0.1, -0.05) is 18.2 Å². The summed E-state index contributed by atoms with van der Waals surface area (Å²) in [5.41, 5.74) is 5.82. The summed E-state index contributed by atoms with van der Waals surface area (Å²) >= 11 is 0. The van der Waals surface area contributed by atoms with Gasteiger partial charge >= 0.3 is 8.25 Å². The monoisotopic (exact) mass is 259 g/mol. The first-order valence-corrected chi connectivity index (χ1v) is 6.18.